The van der Waals surface area contributed by atoms with E-state index in [0.717, 1.165) is 44.3 Å². The van der Waals surface area contributed by atoms with E-state index in [1.165, 1.54) is 6.07 Å². The third kappa shape index (κ3) is 5.04. The Morgan fingerprint density at radius 1 is 1.17 bits per heavy atom. The fourth-order valence-corrected chi connectivity index (χ4v) is 8.88. The van der Waals surface area contributed by atoms with Crippen molar-refractivity contribution in [3.63, 3.8) is 0 Å². The molecule has 47 heavy (non-hydrogen) atoms. The van der Waals surface area contributed by atoms with Crippen LogP contribution in [0.2, 0.25) is 0 Å². The van der Waals surface area contributed by atoms with Gasteiger partial charge in [-0.05, 0) is 67.9 Å². The first-order chi connectivity index (χ1) is 22.7. The number of aromatic nitrogens is 2. The summed E-state index contributed by atoms with van der Waals surface area (Å²) >= 11 is 0. The van der Waals surface area contributed by atoms with E-state index in [2.05, 4.69) is 17.4 Å². The standard InChI is InChI=1S/C36H38F3N5O3/c1-3-11-44-23-17-36(38,39)31(44)19-42(18-23)33-27-20-46-30(26-15-24(45)14-22-7-8-28(37)25(4-2)32(22)26)16-29(27)40-34(41-33)47-21-35-9-5-12-43(35)13-6-10-35/h2-3,7-8,14-15,23,30-31,45H,1,5-6,9-13,16-21H2/t23-,30-,31-/m1/s1. The van der Waals surface area contributed by atoms with E-state index in [1.54, 1.807) is 24.3 Å². The minimum Gasteiger partial charge on any atom is -0.508 e. The lowest BCUT2D eigenvalue weighted by Gasteiger charge is -2.42. The van der Waals surface area contributed by atoms with E-state index in [9.17, 15) is 9.50 Å². The van der Waals surface area contributed by atoms with E-state index in [1.807, 2.05) is 9.80 Å². The van der Waals surface area contributed by atoms with Crippen LogP contribution >= 0.6 is 0 Å². The number of nitrogens with zero attached hydrogens (tertiary/aromatic N) is 5. The fourth-order valence-electron chi connectivity index (χ4n) is 8.88. The Bertz CT molecular complexity index is 1780. The molecule has 1 aromatic heterocycles. The summed E-state index contributed by atoms with van der Waals surface area (Å²) in [5.41, 5.74) is 2.03. The summed E-state index contributed by atoms with van der Waals surface area (Å²) in [5, 5.41) is 11.7. The number of aromatic hydroxyl groups is 1. The Kier molecular flexibility index (Phi) is 7.39. The van der Waals surface area contributed by atoms with Crippen LogP contribution in [0.1, 0.15) is 60.6 Å². The third-order valence-electron chi connectivity index (χ3n) is 11.0. The molecule has 2 bridgehead atoms. The molecule has 8 nitrogen and oxygen atoms in total. The first-order valence-electron chi connectivity index (χ1n) is 16.5. The van der Waals surface area contributed by atoms with Crippen LogP contribution < -0.4 is 9.64 Å². The summed E-state index contributed by atoms with van der Waals surface area (Å²) in [6, 6.07) is 4.89. The normalized spacial score (nSPS) is 26.3. The smallest absolute Gasteiger partial charge is 0.318 e. The predicted molar refractivity (Wildman–Crippen MR) is 171 cm³/mol. The molecule has 0 aliphatic carbocycles. The number of rotatable bonds is 7. The lowest BCUT2D eigenvalue weighted by atomic mass is 9.91. The van der Waals surface area contributed by atoms with E-state index in [4.69, 9.17) is 25.9 Å². The van der Waals surface area contributed by atoms with Gasteiger partial charge in [0.1, 0.15) is 24.0 Å². The van der Waals surface area contributed by atoms with Crippen LogP contribution in [0.25, 0.3) is 10.8 Å². The van der Waals surface area contributed by atoms with Crippen molar-refractivity contribution in [3.8, 4) is 24.1 Å². The van der Waals surface area contributed by atoms with Gasteiger partial charge in [0.25, 0.3) is 5.92 Å². The molecule has 0 saturated carbocycles. The maximum absolute atomic E-state index is 15.2. The Balaban J connectivity index is 1.18. The van der Waals surface area contributed by atoms with Crippen molar-refractivity contribution in [2.24, 2.45) is 0 Å². The topological polar surface area (TPSA) is 74.2 Å². The number of halogens is 3. The number of terminal acetylenes is 1. The molecule has 3 aromatic rings. The van der Waals surface area contributed by atoms with Crippen LogP contribution in [-0.2, 0) is 17.8 Å². The largest absolute Gasteiger partial charge is 0.508 e. The van der Waals surface area contributed by atoms with Crippen molar-refractivity contribution in [2.75, 3.05) is 44.2 Å². The third-order valence-corrected chi connectivity index (χ3v) is 11.0. The van der Waals surface area contributed by atoms with Crippen LogP contribution in [-0.4, -0.2) is 87.8 Å². The summed E-state index contributed by atoms with van der Waals surface area (Å²) in [7, 11) is 0. The highest BCUT2D eigenvalue weighted by atomic mass is 19.3. The van der Waals surface area contributed by atoms with Crippen LogP contribution in [0, 0.1) is 18.2 Å². The Morgan fingerprint density at radius 2 is 1.98 bits per heavy atom. The van der Waals surface area contributed by atoms with Gasteiger partial charge in [-0.1, -0.05) is 18.1 Å². The van der Waals surface area contributed by atoms with Crippen molar-refractivity contribution in [1.82, 2.24) is 19.8 Å². The maximum atomic E-state index is 15.2. The molecule has 11 heteroatoms. The van der Waals surface area contributed by atoms with Crippen LogP contribution in [0.3, 0.4) is 0 Å². The Labute approximate surface area is 272 Å². The highest BCUT2D eigenvalue weighted by Crippen LogP contribution is 2.45. The van der Waals surface area contributed by atoms with Crippen LogP contribution in [0.5, 0.6) is 11.8 Å². The molecule has 6 heterocycles. The molecular weight excluding hydrogens is 607 g/mol. The number of benzene rings is 2. The van der Waals surface area contributed by atoms with Gasteiger partial charge in [-0.25, -0.2) is 13.2 Å². The number of hydrogen-bond acceptors (Lipinski definition) is 8. The second-order valence-electron chi connectivity index (χ2n) is 13.7. The molecule has 0 radical (unpaired) electrons. The number of ether oxygens (including phenoxy) is 2. The van der Waals surface area contributed by atoms with Gasteiger partial charge >= 0.3 is 6.01 Å². The Morgan fingerprint density at radius 3 is 2.72 bits per heavy atom. The molecule has 5 aliphatic heterocycles. The van der Waals surface area contributed by atoms with E-state index in [-0.39, 0.29) is 54.9 Å². The van der Waals surface area contributed by atoms with Gasteiger partial charge in [-0.15, -0.1) is 13.0 Å². The van der Waals surface area contributed by atoms with Crippen molar-refractivity contribution in [3.05, 3.63) is 65.1 Å². The van der Waals surface area contributed by atoms with Crippen molar-refractivity contribution in [1.29, 1.82) is 0 Å². The summed E-state index contributed by atoms with van der Waals surface area (Å²) in [5.74, 6) is -0.324. The van der Waals surface area contributed by atoms with Crippen molar-refractivity contribution < 1.29 is 27.8 Å². The zero-order chi connectivity index (χ0) is 32.5. The molecule has 0 spiro atoms. The van der Waals surface area contributed by atoms with Gasteiger partial charge in [0, 0.05) is 49.5 Å². The van der Waals surface area contributed by atoms with Crippen molar-refractivity contribution >= 4 is 16.6 Å². The first-order valence-corrected chi connectivity index (χ1v) is 16.5. The fraction of sp³-hybridized carbons (Fsp3) is 0.500. The quantitative estimate of drug-likeness (QED) is 0.272. The molecule has 2 aromatic carbocycles. The number of alkyl halides is 2. The summed E-state index contributed by atoms with van der Waals surface area (Å²) in [6.07, 6.45) is 11.3. The number of fused-ring (bicyclic) bond motifs is 5. The Hall–Kier alpha value is -3.85. The van der Waals surface area contributed by atoms with Crippen LogP contribution in [0.15, 0.2) is 36.9 Å². The molecule has 4 fully saturated rings. The zero-order valence-electron chi connectivity index (χ0n) is 26.2. The lowest BCUT2D eigenvalue weighted by Crippen LogP contribution is -2.56. The molecular formula is C36H38F3N5O3. The molecule has 5 aliphatic rings. The maximum Gasteiger partial charge on any atom is 0.318 e. The van der Waals surface area contributed by atoms with E-state index in [0.29, 0.717) is 47.5 Å². The summed E-state index contributed by atoms with van der Waals surface area (Å²) < 4.78 is 58.2. The minimum atomic E-state index is -2.83. The minimum absolute atomic E-state index is 0.00890. The van der Waals surface area contributed by atoms with E-state index >= 15 is 8.78 Å². The molecule has 1 N–H and O–H groups in total. The predicted octanol–water partition coefficient (Wildman–Crippen LogP) is 5.36. The monoisotopic (exact) mass is 645 g/mol. The second-order valence-corrected chi connectivity index (χ2v) is 13.7. The van der Waals surface area contributed by atoms with Crippen molar-refractivity contribution in [2.45, 2.75) is 74.8 Å². The van der Waals surface area contributed by atoms with Gasteiger partial charge < -0.3 is 19.5 Å². The molecule has 4 saturated heterocycles. The van der Waals surface area contributed by atoms with Gasteiger partial charge in [0.2, 0.25) is 0 Å². The van der Waals surface area contributed by atoms with Crippen LogP contribution in [0.4, 0.5) is 19.0 Å². The number of piperazine rings is 1. The molecule has 246 valence electrons. The number of phenolic OH excluding ortho intramolecular Hbond substituents is 1. The average Bonchev–Trinajstić information content (AvgIpc) is 3.67. The molecule has 0 unspecified atom stereocenters. The molecule has 8 rings (SSSR count). The number of anilines is 1. The summed E-state index contributed by atoms with van der Waals surface area (Å²) in [4.78, 5) is 16.1. The lowest BCUT2D eigenvalue weighted by molar-refractivity contribution is -0.0290. The average molecular weight is 646 g/mol. The summed E-state index contributed by atoms with van der Waals surface area (Å²) in [6.45, 7) is 7.35. The number of phenols is 1. The SMILES string of the molecule is C#Cc1c(F)ccc2cc(O)cc([C@H]3Cc4nc(OCC56CCCN5CCC6)nc(N5C[C@H]6CC(F)(F)[C@@H](C5)N6CC=C)c4CO3)c12. The van der Waals surface area contributed by atoms with Gasteiger partial charge in [-0.3, -0.25) is 9.80 Å². The molecule has 3 atom stereocenters. The number of hydrogen-bond donors (Lipinski definition) is 1. The molecule has 0 amide bonds. The zero-order valence-corrected chi connectivity index (χ0v) is 26.2. The van der Waals surface area contributed by atoms with E-state index < -0.39 is 23.9 Å². The van der Waals surface area contributed by atoms with Gasteiger partial charge in [0.15, 0.2) is 0 Å². The highest BCUT2D eigenvalue weighted by Gasteiger charge is 2.57. The second kappa shape index (κ2) is 11.4. The van der Waals surface area contributed by atoms with Gasteiger partial charge in [0.05, 0.1) is 35.5 Å². The van der Waals surface area contributed by atoms with Gasteiger partial charge in [-0.2, -0.15) is 9.97 Å². The highest BCUT2D eigenvalue weighted by molar-refractivity contribution is 5.93. The first kappa shape index (κ1) is 30.5.